The van der Waals surface area contributed by atoms with Gasteiger partial charge in [0.15, 0.2) is 5.13 Å². The first kappa shape index (κ1) is 13.7. The van der Waals surface area contributed by atoms with Gasteiger partial charge >= 0.3 is 0 Å². The molecule has 106 valence electrons. The molecule has 5 heteroatoms. The van der Waals surface area contributed by atoms with E-state index in [0.717, 1.165) is 28.6 Å². The highest BCUT2D eigenvalue weighted by Crippen LogP contribution is 2.25. The van der Waals surface area contributed by atoms with E-state index in [9.17, 15) is 4.79 Å². The van der Waals surface area contributed by atoms with Gasteiger partial charge in [-0.1, -0.05) is 25.1 Å². The quantitative estimate of drug-likeness (QED) is 0.799. The highest BCUT2D eigenvalue weighted by atomic mass is 32.1. The molecule has 0 aliphatic carbocycles. The highest BCUT2D eigenvalue weighted by Gasteiger charge is 2.17. The molecule has 0 aliphatic heterocycles. The van der Waals surface area contributed by atoms with Crippen LogP contribution in [0.2, 0.25) is 0 Å². The number of anilines is 1. The Labute approximate surface area is 126 Å². The number of carbonyl (C=O) groups excluding carboxylic acids is 1. The van der Waals surface area contributed by atoms with Gasteiger partial charge < -0.3 is 0 Å². The molecule has 0 bridgehead atoms. The zero-order valence-corrected chi connectivity index (χ0v) is 12.7. The van der Waals surface area contributed by atoms with E-state index in [0.29, 0.717) is 10.7 Å². The summed E-state index contributed by atoms with van der Waals surface area (Å²) >= 11 is 1.41. The normalized spacial score (nSPS) is 10.8. The largest absolute Gasteiger partial charge is 0.298 e. The van der Waals surface area contributed by atoms with Gasteiger partial charge in [0.2, 0.25) is 0 Å². The van der Waals surface area contributed by atoms with Crippen molar-refractivity contribution in [2.45, 2.75) is 20.3 Å². The van der Waals surface area contributed by atoms with Gasteiger partial charge in [0, 0.05) is 22.7 Å². The smallest absolute Gasteiger partial charge is 0.258 e. The molecule has 1 amide bonds. The summed E-state index contributed by atoms with van der Waals surface area (Å²) in [5.41, 5.74) is 3.43. The highest BCUT2D eigenvalue weighted by molar-refractivity contribution is 7.13. The van der Waals surface area contributed by atoms with Crippen molar-refractivity contribution in [3.05, 3.63) is 52.7 Å². The molecule has 4 nitrogen and oxygen atoms in total. The molecule has 0 atom stereocenters. The number of para-hydroxylation sites is 1. The molecule has 0 unspecified atom stereocenters. The SMILES string of the molecule is CCc1nc2ccccc2c(C(=O)Nc2nccs2)c1C. The van der Waals surface area contributed by atoms with Gasteiger partial charge in [0.05, 0.1) is 11.1 Å². The fourth-order valence-corrected chi connectivity index (χ4v) is 2.96. The lowest BCUT2D eigenvalue weighted by Gasteiger charge is -2.12. The minimum atomic E-state index is -0.129. The van der Waals surface area contributed by atoms with Gasteiger partial charge in [-0.3, -0.25) is 15.1 Å². The topological polar surface area (TPSA) is 54.9 Å². The van der Waals surface area contributed by atoms with Crippen molar-refractivity contribution in [3.8, 4) is 0 Å². The summed E-state index contributed by atoms with van der Waals surface area (Å²) in [7, 11) is 0. The van der Waals surface area contributed by atoms with Crippen LogP contribution in [0, 0.1) is 6.92 Å². The van der Waals surface area contributed by atoms with Crippen LogP contribution in [0.4, 0.5) is 5.13 Å². The number of hydrogen-bond acceptors (Lipinski definition) is 4. The summed E-state index contributed by atoms with van der Waals surface area (Å²) in [4.78, 5) is 21.4. The molecule has 1 N–H and O–H groups in total. The number of aryl methyl sites for hydroxylation is 1. The third kappa shape index (κ3) is 2.52. The summed E-state index contributed by atoms with van der Waals surface area (Å²) in [6.45, 7) is 4.00. The van der Waals surface area contributed by atoms with Crippen LogP contribution >= 0.6 is 11.3 Å². The summed E-state index contributed by atoms with van der Waals surface area (Å²) in [6, 6.07) is 7.74. The number of hydrogen-bond donors (Lipinski definition) is 1. The van der Waals surface area contributed by atoms with Crippen LogP contribution in [-0.2, 0) is 6.42 Å². The van der Waals surface area contributed by atoms with E-state index in [1.54, 1.807) is 6.20 Å². The maximum atomic E-state index is 12.6. The fourth-order valence-electron chi connectivity index (χ4n) is 2.44. The van der Waals surface area contributed by atoms with Crippen LogP contribution in [0.15, 0.2) is 35.8 Å². The Balaban J connectivity index is 2.15. The van der Waals surface area contributed by atoms with Crippen molar-refractivity contribution in [3.63, 3.8) is 0 Å². The first-order valence-corrected chi connectivity index (χ1v) is 7.67. The summed E-state index contributed by atoms with van der Waals surface area (Å²) in [5.74, 6) is -0.129. The molecule has 0 aliphatic rings. The van der Waals surface area contributed by atoms with Crippen molar-refractivity contribution >= 4 is 33.3 Å². The van der Waals surface area contributed by atoms with Crippen LogP contribution in [0.5, 0.6) is 0 Å². The van der Waals surface area contributed by atoms with Gasteiger partial charge in [-0.2, -0.15) is 0 Å². The number of benzene rings is 1. The standard InChI is InChI=1S/C16H15N3OS/c1-3-12-10(2)14(11-6-4-5-7-13(11)18-12)15(20)19-16-17-8-9-21-16/h4-9H,3H2,1-2H3,(H,17,19,20). The van der Waals surface area contributed by atoms with Crippen LogP contribution in [0.3, 0.4) is 0 Å². The maximum Gasteiger partial charge on any atom is 0.258 e. The maximum absolute atomic E-state index is 12.6. The van der Waals surface area contributed by atoms with E-state index in [-0.39, 0.29) is 5.91 Å². The average Bonchev–Trinajstić information content (AvgIpc) is 2.99. The van der Waals surface area contributed by atoms with Crippen LogP contribution < -0.4 is 5.32 Å². The van der Waals surface area contributed by atoms with Crippen LogP contribution in [-0.4, -0.2) is 15.9 Å². The summed E-state index contributed by atoms with van der Waals surface area (Å²) in [5, 5.41) is 6.19. The van der Waals surface area contributed by atoms with E-state index < -0.39 is 0 Å². The van der Waals surface area contributed by atoms with Gasteiger partial charge in [-0.05, 0) is 25.0 Å². The Morgan fingerprint density at radius 1 is 1.33 bits per heavy atom. The van der Waals surface area contributed by atoms with Crippen LogP contribution in [0.25, 0.3) is 10.9 Å². The predicted molar refractivity (Wildman–Crippen MR) is 85.9 cm³/mol. The van der Waals surface area contributed by atoms with Gasteiger partial charge in [0.1, 0.15) is 0 Å². The van der Waals surface area contributed by atoms with E-state index in [2.05, 4.69) is 15.3 Å². The van der Waals surface area contributed by atoms with Crippen molar-refractivity contribution < 1.29 is 4.79 Å². The number of rotatable bonds is 3. The molecule has 0 saturated heterocycles. The second-order valence-corrected chi connectivity index (χ2v) is 5.62. The molecule has 0 radical (unpaired) electrons. The van der Waals surface area contributed by atoms with Gasteiger partial charge in [-0.25, -0.2) is 4.98 Å². The zero-order chi connectivity index (χ0) is 14.8. The second-order valence-electron chi connectivity index (χ2n) is 4.72. The molecule has 0 spiro atoms. The van der Waals surface area contributed by atoms with Gasteiger partial charge in [0.25, 0.3) is 5.91 Å². The molecular formula is C16H15N3OS. The lowest BCUT2D eigenvalue weighted by atomic mass is 9.99. The lowest BCUT2D eigenvalue weighted by Crippen LogP contribution is -2.15. The first-order valence-electron chi connectivity index (χ1n) is 6.79. The monoisotopic (exact) mass is 297 g/mol. The third-order valence-corrected chi connectivity index (χ3v) is 4.14. The summed E-state index contributed by atoms with van der Waals surface area (Å²) in [6.07, 6.45) is 2.48. The van der Waals surface area contributed by atoms with E-state index in [4.69, 9.17) is 0 Å². The molecule has 2 heterocycles. The number of pyridine rings is 1. The number of nitrogens with zero attached hydrogens (tertiary/aromatic N) is 2. The van der Waals surface area contributed by atoms with Crippen molar-refractivity contribution in [2.75, 3.05) is 5.32 Å². The minimum absolute atomic E-state index is 0.129. The van der Waals surface area contributed by atoms with Crippen molar-refractivity contribution in [1.82, 2.24) is 9.97 Å². The van der Waals surface area contributed by atoms with Crippen LogP contribution in [0.1, 0.15) is 28.5 Å². The Hall–Kier alpha value is -2.27. The molecule has 0 fully saturated rings. The molecule has 21 heavy (non-hydrogen) atoms. The first-order chi connectivity index (χ1) is 10.2. The summed E-state index contributed by atoms with van der Waals surface area (Å²) < 4.78 is 0. The predicted octanol–water partition coefficient (Wildman–Crippen LogP) is 3.81. The number of nitrogens with one attached hydrogen (secondary N) is 1. The number of fused-ring (bicyclic) bond motifs is 1. The average molecular weight is 297 g/mol. The number of carbonyl (C=O) groups is 1. The van der Waals surface area contributed by atoms with E-state index in [1.165, 1.54) is 11.3 Å². The molecule has 3 aromatic rings. The van der Waals surface area contributed by atoms with Crippen molar-refractivity contribution in [1.29, 1.82) is 0 Å². The second kappa shape index (κ2) is 5.61. The van der Waals surface area contributed by atoms with Crippen molar-refractivity contribution in [2.24, 2.45) is 0 Å². The number of aromatic nitrogens is 2. The minimum Gasteiger partial charge on any atom is -0.298 e. The molecule has 2 aromatic heterocycles. The third-order valence-electron chi connectivity index (χ3n) is 3.45. The fraction of sp³-hybridized carbons (Fsp3) is 0.188. The Bertz CT molecular complexity index is 797. The molecule has 0 saturated carbocycles. The lowest BCUT2D eigenvalue weighted by molar-refractivity contribution is 0.102. The Morgan fingerprint density at radius 2 is 2.14 bits per heavy atom. The Kier molecular flexibility index (Phi) is 3.66. The number of amides is 1. The van der Waals surface area contributed by atoms with E-state index >= 15 is 0 Å². The van der Waals surface area contributed by atoms with E-state index in [1.807, 2.05) is 43.5 Å². The van der Waals surface area contributed by atoms with Gasteiger partial charge in [-0.15, -0.1) is 11.3 Å². The zero-order valence-electron chi connectivity index (χ0n) is 11.9. The molecule has 1 aromatic carbocycles. The number of thiazole rings is 1. The Morgan fingerprint density at radius 3 is 2.86 bits per heavy atom. The molecular weight excluding hydrogens is 282 g/mol. The molecule has 3 rings (SSSR count).